The third-order valence-corrected chi connectivity index (χ3v) is 3.23. The van der Waals surface area contributed by atoms with Crippen molar-refractivity contribution in [2.45, 2.75) is 24.6 Å². The summed E-state index contributed by atoms with van der Waals surface area (Å²) in [5.74, 6) is -0.579. The fraction of sp³-hybridized carbons (Fsp3) is 0.267. The van der Waals surface area contributed by atoms with Crippen LogP contribution in [-0.4, -0.2) is 23.9 Å². The predicted octanol–water partition coefficient (Wildman–Crippen LogP) is 4.59. The van der Waals surface area contributed by atoms with Gasteiger partial charge in [0.15, 0.2) is 11.4 Å². The molecule has 1 aliphatic rings. The number of hydrogen-bond acceptors (Lipinski definition) is 2. The minimum Gasteiger partial charge on any atom is -0.289 e. The summed E-state index contributed by atoms with van der Waals surface area (Å²) in [5.41, 5.74) is -3.42. The van der Waals surface area contributed by atoms with Crippen LogP contribution in [0.2, 0.25) is 0 Å². The third-order valence-electron chi connectivity index (χ3n) is 3.23. The second-order valence-corrected chi connectivity index (χ2v) is 4.83. The van der Waals surface area contributed by atoms with Crippen molar-refractivity contribution in [1.82, 2.24) is 0 Å². The molecule has 0 radical (unpaired) electrons. The molecule has 0 bridgehead atoms. The molecule has 2 nitrogen and oxygen atoms in total. The number of halogens is 6. The Bertz CT molecular complexity index is 642. The fourth-order valence-electron chi connectivity index (χ4n) is 2.10. The van der Waals surface area contributed by atoms with Crippen LogP contribution < -0.4 is 0 Å². The molecule has 1 aliphatic carbocycles. The van der Waals surface area contributed by atoms with Gasteiger partial charge in [-0.3, -0.25) is 9.53 Å². The lowest BCUT2D eigenvalue weighted by molar-refractivity contribution is -0.402. The monoisotopic (exact) mass is 336 g/mol. The summed E-state index contributed by atoms with van der Waals surface area (Å²) in [6.45, 7) is 0. The highest BCUT2D eigenvalue weighted by molar-refractivity contribution is 6.10. The zero-order chi connectivity index (χ0) is 17.3. The molecular weight excluding hydrogens is 326 g/mol. The van der Waals surface area contributed by atoms with Gasteiger partial charge in [0.1, 0.15) is 0 Å². The average Bonchev–Trinajstić information content (AvgIpc) is 2.45. The summed E-state index contributed by atoms with van der Waals surface area (Å²) in [7, 11) is 0. The van der Waals surface area contributed by atoms with Crippen LogP contribution in [0.15, 0.2) is 54.1 Å². The first-order chi connectivity index (χ1) is 10.5. The lowest BCUT2D eigenvalue weighted by Gasteiger charge is -2.34. The Morgan fingerprint density at radius 1 is 1.04 bits per heavy atom. The van der Waals surface area contributed by atoms with Crippen molar-refractivity contribution < 1.29 is 35.9 Å². The van der Waals surface area contributed by atoms with Crippen molar-refractivity contribution in [3.8, 4) is 0 Å². The third kappa shape index (κ3) is 3.82. The lowest BCUT2D eigenvalue weighted by atomic mass is 9.88. The molecule has 0 aromatic heterocycles. The number of allylic oxidation sites excluding steroid dienone is 2. The average molecular weight is 336 g/mol. The maximum absolute atomic E-state index is 13.0. The van der Waals surface area contributed by atoms with E-state index in [0.717, 1.165) is 6.08 Å². The van der Waals surface area contributed by atoms with Gasteiger partial charge in [-0.2, -0.15) is 13.2 Å². The maximum atomic E-state index is 13.0. The molecule has 8 heteroatoms. The van der Waals surface area contributed by atoms with Crippen molar-refractivity contribution in [2.75, 3.05) is 0 Å². The van der Waals surface area contributed by atoms with Crippen molar-refractivity contribution in [2.24, 2.45) is 0 Å². The second-order valence-electron chi connectivity index (χ2n) is 4.83. The zero-order valence-electron chi connectivity index (χ0n) is 11.4. The number of ether oxygens (including phenoxy) is 1. The van der Waals surface area contributed by atoms with Gasteiger partial charge < -0.3 is 0 Å². The zero-order valence-corrected chi connectivity index (χ0v) is 11.4. The molecule has 124 valence electrons. The molecule has 0 amide bonds. The van der Waals surface area contributed by atoms with Crippen LogP contribution in [0, 0.1) is 0 Å². The number of rotatable bonds is 3. The van der Waals surface area contributed by atoms with E-state index in [0.29, 0.717) is 6.08 Å². The van der Waals surface area contributed by atoms with E-state index in [-0.39, 0.29) is 17.2 Å². The van der Waals surface area contributed by atoms with E-state index >= 15 is 0 Å². The Morgan fingerprint density at radius 3 is 2.09 bits per heavy atom. The van der Waals surface area contributed by atoms with Gasteiger partial charge >= 0.3 is 12.5 Å². The lowest BCUT2D eigenvalue weighted by Crippen LogP contribution is -2.49. The Kier molecular flexibility index (Phi) is 4.39. The topological polar surface area (TPSA) is 26.3 Å². The van der Waals surface area contributed by atoms with E-state index < -0.39 is 30.3 Å². The molecule has 0 saturated carbocycles. The molecule has 1 unspecified atom stereocenters. The van der Waals surface area contributed by atoms with Gasteiger partial charge in [0.05, 0.1) is 0 Å². The molecule has 1 atom stereocenters. The van der Waals surface area contributed by atoms with Crippen LogP contribution in [0.1, 0.15) is 16.8 Å². The Balaban J connectivity index is 2.27. The highest BCUT2D eigenvalue weighted by Crippen LogP contribution is 2.44. The minimum atomic E-state index is -5.46. The highest BCUT2D eigenvalue weighted by atomic mass is 19.4. The van der Waals surface area contributed by atoms with Crippen LogP contribution in [0.25, 0.3) is 0 Å². The number of Topliss-reactive ketones (excluding diaryl/α,β-unsaturated/α-hetero) is 1. The van der Waals surface area contributed by atoms with Crippen LogP contribution in [0.4, 0.5) is 26.3 Å². The van der Waals surface area contributed by atoms with Crippen LogP contribution >= 0.6 is 0 Å². The molecule has 23 heavy (non-hydrogen) atoms. The predicted molar refractivity (Wildman–Crippen MR) is 68.5 cm³/mol. The van der Waals surface area contributed by atoms with Crippen LogP contribution in [0.5, 0.6) is 0 Å². The quantitative estimate of drug-likeness (QED) is 0.596. The smallest absolute Gasteiger partial charge is 0.289 e. The molecule has 2 rings (SSSR count). The van der Waals surface area contributed by atoms with Crippen LogP contribution in [0.3, 0.4) is 0 Å². The summed E-state index contributed by atoms with van der Waals surface area (Å²) in [4.78, 5) is 12.1. The van der Waals surface area contributed by atoms with E-state index in [9.17, 15) is 31.1 Å². The van der Waals surface area contributed by atoms with E-state index in [1.807, 2.05) is 0 Å². The molecule has 0 N–H and O–H groups in total. The Morgan fingerprint density at radius 2 is 1.65 bits per heavy atom. The molecule has 0 aliphatic heterocycles. The van der Waals surface area contributed by atoms with Crippen molar-refractivity contribution in [3.05, 3.63) is 59.7 Å². The summed E-state index contributed by atoms with van der Waals surface area (Å²) in [6.07, 6.45) is -10.1. The SMILES string of the molecule is O=C(C1=CCC(OC(F)(F)F)(C(F)(F)F)C=C1)c1ccccc1. The Hall–Kier alpha value is -2.09. The molecule has 1 aromatic carbocycles. The van der Waals surface area contributed by atoms with Gasteiger partial charge in [-0.25, -0.2) is 0 Å². The van der Waals surface area contributed by atoms with Crippen LogP contribution in [-0.2, 0) is 4.74 Å². The number of carbonyl (C=O) groups excluding carboxylic acids is 1. The molecule has 0 saturated heterocycles. The number of ketones is 1. The second kappa shape index (κ2) is 5.84. The normalized spacial score (nSPS) is 21.9. The van der Waals surface area contributed by atoms with Gasteiger partial charge in [0, 0.05) is 17.6 Å². The summed E-state index contributed by atoms with van der Waals surface area (Å²) in [5, 5.41) is 0. The Labute approximate surface area is 127 Å². The van der Waals surface area contributed by atoms with E-state index in [4.69, 9.17) is 0 Å². The first-order valence-corrected chi connectivity index (χ1v) is 6.37. The summed E-state index contributed by atoms with van der Waals surface area (Å²) in [6, 6.07) is 7.68. The fourth-order valence-corrected chi connectivity index (χ4v) is 2.10. The number of carbonyl (C=O) groups is 1. The first-order valence-electron chi connectivity index (χ1n) is 6.37. The van der Waals surface area contributed by atoms with E-state index in [1.165, 1.54) is 12.1 Å². The molecule has 1 aromatic rings. The van der Waals surface area contributed by atoms with Gasteiger partial charge in [0.25, 0.3) is 0 Å². The molecule has 0 spiro atoms. The highest BCUT2D eigenvalue weighted by Gasteiger charge is 2.59. The summed E-state index contributed by atoms with van der Waals surface area (Å²) >= 11 is 0. The number of alkyl halides is 6. The van der Waals surface area contributed by atoms with Gasteiger partial charge in [0.2, 0.25) is 0 Å². The first kappa shape index (κ1) is 17.3. The van der Waals surface area contributed by atoms with Gasteiger partial charge in [-0.15, -0.1) is 13.2 Å². The minimum absolute atomic E-state index is 0.123. The largest absolute Gasteiger partial charge is 0.523 e. The number of hydrogen-bond donors (Lipinski definition) is 0. The molecule has 0 heterocycles. The molecule has 0 fully saturated rings. The van der Waals surface area contributed by atoms with Crippen molar-refractivity contribution >= 4 is 5.78 Å². The van der Waals surface area contributed by atoms with E-state index in [2.05, 4.69) is 4.74 Å². The van der Waals surface area contributed by atoms with Gasteiger partial charge in [-0.05, 0) is 6.08 Å². The molecular formula is C15H10F6O2. The number of benzene rings is 1. The van der Waals surface area contributed by atoms with Crippen molar-refractivity contribution in [3.63, 3.8) is 0 Å². The van der Waals surface area contributed by atoms with E-state index in [1.54, 1.807) is 18.2 Å². The standard InChI is InChI=1S/C15H10F6O2/c16-14(17,18)13(23-15(19,20)21)8-6-11(7-9-13)12(22)10-4-2-1-3-5-10/h1-8H,9H2. The van der Waals surface area contributed by atoms with Crippen molar-refractivity contribution in [1.29, 1.82) is 0 Å². The maximum Gasteiger partial charge on any atom is 0.523 e. The van der Waals surface area contributed by atoms with Gasteiger partial charge in [-0.1, -0.05) is 42.5 Å². The summed E-state index contributed by atoms with van der Waals surface area (Å²) < 4.78 is 79.1.